The molecule has 4 rings (SSSR count). The lowest BCUT2D eigenvalue weighted by molar-refractivity contribution is -0.120. The van der Waals surface area contributed by atoms with Gasteiger partial charge < -0.3 is 15.2 Å². The summed E-state index contributed by atoms with van der Waals surface area (Å²) in [7, 11) is 0. The quantitative estimate of drug-likeness (QED) is 0.751. The average Bonchev–Trinajstić information content (AvgIpc) is 3.10. The Morgan fingerprint density at radius 2 is 2.04 bits per heavy atom. The number of aryl methyl sites for hydroxylation is 1. The molecule has 1 saturated heterocycles. The lowest BCUT2D eigenvalue weighted by Gasteiger charge is -2.31. The molecule has 134 valence electrons. The Labute approximate surface area is 153 Å². The first-order valence-corrected chi connectivity index (χ1v) is 9.18. The third kappa shape index (κ3) is 3.17. The largest absolute Gasteiger partial charge is 0.342 e. The molecular weight excluding hydrogens is 324 g/mol. The van der Waals surface area contributed by atoms with Gasteiger partial charge in [0.05, 0.1) is 17.0 Å². The standard InChI is InChI=1S/C21H24N4O/c1-14-7-5-11-17(15(14)2)22-20(26)16-8-6-12-25(13-16)21-23-18-9-3-4-10-19(18)24-21/h3-5,7,9-11,16H,6,8,12-13H2,1-2H3,(H,22,26)(H,23,24)/t16-/m1/s1. The van der Waals surface area contributed by atoms with Crippen LogP contribution in [0.4, 0.5) is 11.6 Å². The molecule has 5 heteroatoms. The maximum absolute atomic E-state index is 12.8. The van der Waals surface area contributed by atoms with E-state index in [1.165, 1.54) is 5.56 Å². The van der Waals surface area contributed by atoms with Crippen molar-refractivity contribution in [3.05, 3.63) is 53.6 Å². The van der Waals surface area contributed by atoms with E-state index in [-0.39, 0.29) is 11.8 Å². The fourth-order valence-corrected chi connectivity index (χ4v) is 3.59. The summed E-state index contributed by atoms with van der Waals surface area (Å²) < 4.78 is 0. The molecule has 1 aliphatic heterocycles. The zero-order valence-corrected chi connectivity index (χ0v) is 15.2. The predicted molar refractivity (Wildman–Crippen MR) is 106 cm³/mol. The Morgan fingerprint density at radius 1 is 1.19 bits per heavy atom. The average molecular weight is 348 g/mol. The number of hydrogen-bond acceptors (Lipinski definition) is 3. The number of fused-ring (bicyclic) bond motifs is 1. The van der Waals surface area contributed by atoms with Gasteiger partial charge in [0.2, 0.25) is 11.9 Å². The van der Waals surface area contributed by atoms with Crippen LogP contribution in [0.1, 0.15) is 24.0 Å². The highest BCUT2D eigenvalue weighted by Crippen LogP contribution is 2.25. The summed E-state index contributed by atoms with van der Waals surface area (Å²) in [5.74, 6) is 0.923. The number of nitrogens with one attached hydrogen (secondary N) is 2. The number of aromatic nitrogens is 2. The molecule has 0 bridgehead atoms. The summed E-state index contributed by atoms with van der Waals surface area (Å²) in [6.07, 6.45) is 1.90. The molecule has 1 aromatic heterocycles. The van der Waals surface area contributed by atoms with Crippen molar-refractivity contribution in [2.75, 3.05) is 23.3 Å². The molecule has 0 unspecified atom stereocenters. The predicted octanol–water partition coefficient (Wildman–Crippen LogP) is 4.03. The van der Waals surface area contributed by atoms with E-state index in [0.717, 1.165) is 47.6 Å². The van der Waals surface area contributed by atoms with Gasteiger partial charge in [0, 0.05) is 18.8 Å². The van der Waals surface area contributed by atoms with E-state index >= 15 is 0 Å². The van der Waals surface area contributed by atoms with Crippen molar-refractivity contribution in [2.45, 2.75) is 26.7 Å². The van der Waals surface area contributed by atoms with Gasteiger partial charge in [0.25, 0.3) is 0 Å². The molecule has 0 aliphatic carbocycles. The molecule has 5 nitrogen and oxygen atoms in total. The summed E-state index contributed by atoms with van der Waals surface area (Å²) in [4.78, 5) is 23.1. The van der Waals surface area contributed by atoms with Gasteiger partial charge in [0.1, 0.15) is 0 Å². The van der Waals surface area contributed by atoms with E-state index in [2.05, 4.69) is 33.2 Å². The Hall–Kier alpha value is -2.82. The van der Waals surface area contributed by atoms with Gasteiger partial charge in [-0.2, -0.15) is 0 Å². The fourth-order valence-electron chi connectivity index (χ4n) is 3.59. The van der Waals surface area contributed by atoms with Crippen LogP contribution < -0.4 is 10.2 Å². The fraction of sp³-hybridized carbons (Fsp3) is 0.333. The maximum Gasteiger partial charge on any atom is 0.229 e. The summed E-state index contributed by atoms with van der Waals surface area (Å²) in [5, 5.41) is 3.12. The SMILES string of the molecule is Cc1cccc(NC(=O)[C@@H]2CCCN(c3nc4ccccc4[nH]3)C2)c1C. The van der Waals surface area contributed by atoms with Crippen LogP contribution in [0, 0.1) is 19.8 Å². The van der Waals surface area contributed by atoms with Crippen LogP contribution in [-0.2, 0) is 4.79 Å². The normalized spacial score (nSPS) is 17.5. The second kappa shape index (κ2) is 6.83. The van der Waals surface area contributed by atoms with Crippen molar-refractivity contribution >= 4 is 28.6 Å². The maximum atomic E-state index is 12.8. The van der Waals surface area contributed by atoms with Crippen LogP contribution in [0.5, 0.6) is 0 Å². The molecule has 2 heterocycles. The van der Waals surface area contributed by atoms with Gasteiger partial charge in [-0.3, -0.25) is 4.79 Å². The van der Waals surface area contributed by atoms with Gasteiger partial charge in [-0.05, 0) is 56.0 Å². The molecule has 0 radical (unpaired) electrons. The van der Waals surface area contributed by atoms with Crippen molar-refractivity contribution in [3.8, 4) is 0 Å². The molecule has 26 heavy (non-hydrogen) atoms. The number of imidazole rings is 1. The zero-order valence-electron chi connectivity index (χ0n) is 15.2. The number of H-pyrrole nitrogens is 1. The van der Waals surface area contributed by atoms with Gasteiger partial charge in [0.15, 0.2) is 0 Å². The van der Waals surface area contributed by atoms with E-state index in [0.29, 0.717) is 6.54 Å². The van der Waals surface area contributed by atoms with E-state index in [9.17, 15) is 4.79 Å². The Kier molecular flexibility index (Phi) is 4.37. The number of carbonyl (C=O) groups is 1. The van der Waals surface area contributed by atoms with Crippen LogP contribution in [0.25, 0.3) is 11.0 Å². The number of piperidine rings is 1. The lowest BCUT2D eigenvalue weighted by Crippen LogP contribution is -2.41. The third-order valence-corrected chi connectivity index (χ3v) is 5.33. The third-order valence-electron chi connectivity index (χ3n) is 5.33. The summed E-state index contributed by atoms with van der Waals surface area (Å²) in [6.45, 7) is 5.73. The molecule has 0 saturated carbocycles. The zero-order chi connectivity index (χ0) is 18.1. The lowest BCUT2D eigenvalue weighted by atomic mass is 9.97. The van der Waals surface area contributed by atoms with Gasteiger partial charge in [-0.1, -0.05) is 24.3 Å². The smallest absolute Gasteiger partial charge is 0.229 e. The highest BCUT2D eigenvalue weighted by molar-refractivity contribution is 5.94. The monoisotopic (exact) mass is 348 g/mol. The minimum atomic E-state index is -0.0307. The topological polar surface area (TPSA) is 61.0 Å². The number of aromatic amines is 1. The molecule has 2 N–H and O–H groups in total. The molecule has 1 fully saturated rings. The number of amides is 1. The summed E-state index contributed by atoms with van der Waals surface area (Å²) in [6, 6.07) is 14.0. The first kappa shape index (κ1) is 16.6. The van der Waals surface area contributed by atoms with Crippen molar-refractivity contribution in [3.63, 3.8) is 0 Å². The highest BCUT2D eigenvalue weighted by Gasteiger charge is 2.27. The molecule has 3 aromatic rings. The van der Waals surface area contributed by atoms with Crippen molar-refractivity contribution in [2.24, 2.45) is 5.92 Å². The molecular formula is C21H24N4O. The second-order valence-corrected chi connectivity index (χ2v) is 7.10. The molecule has 0 spiro atoms. The number of hydrogen-bond donors (Lipinski definition) is 2. The van der Waals surface area contributed by atoms with Crippen LogP contribution in [0.3, 0.4) is 0 Å². The number of nitrogens with zero attached hydrogens (tertiary/aromatic N) is 2. The van der Waals surface area contributed by atoms with E-state index < -0.39 is 0 Å². The van der Waals surface area contributed by atoms with Crippen molar-refractivity contribution in [1.29, 1.82) is 0 Å². The van der Waals surface area contributed by atoms with Crippen LogP contribution in [-0.4, -0.2) is 29.0 Å². The minimum absolute atomic E-state index is 0.0307. The minimum Gasteiger partial charge on any atom is -0.342 e. The number of benzene rings is 2. The van der Waals surface area contributed by atoms with Gasteiger partial charge >= 0.3 is 0 Å². The Bertz CT molecular complexity index is 913. The van der Waals surface area contributed by atoms with Crippen molar-refractivity contribution in [1.82, 2.24) is 9.97 Å². The van der Waals surface area contributed by atoms with Crippen LogP contribution in [0.15, 0.2) is 42.5 Å². The van der Waals surface area contributed by atoms with E-state index in [4.69, 9.17) is 0 Å². The van der Waals surface area contributed by atoms with Crippen molar-refractivity contribution < 1.29 is 4.79 Å². The van der Waals surface area contributed by atoms with Gasteiger partial charge in [-0.25, -0.2) is 4.98 Å². The molecule has 1 aliphatic rings. The molecule has 2 aromatic carbocycles. The number of para-hydroxylation sites is 2. The molecule has 1 atom stereocenters. The number of rotatable bonds is 3. The summed E-state index contributed by atoms with van der Waals surface area (Å²) in [5.41, 5.74) is 5.23. The first-order valence-electron chi connectivity index (χ1n) is 9.18. The van der Waals surface area contributed by atoms with Crippen LogP contribution >= 0.6 is 0 Å². The Morgan fingerprint density at radius 3 is 2.88 bits per heavy atom. The number of carbonyl (C=O) groups excluding carboxylic acids is 1. The van der Waals surface area contributed by atoms with Gasteiger partial charge in [-0.15, -0.1) is 0 Å². The molecule has 1 amide bonds. The second-order valence-electron chi connectivity index (χ2n) is 7.10. The summed E-state index contributed by atoms with van der Waals surface area (Å²) >= 11 is 0. The van der Waals surface area contributed by atoms with Crippen LogP contribution in [0.2, 0.25) is 0 Å². The first-order chi connectivity index (χ1) is 12.6. The number of anilines is 2. The Balaban J connectivity index is 1.49. The highest BCUT2D eigenvalue weighted by atomic mass is 16.1. The van der Waals surface area contributed by atoms with E-state index in [1.54, 1.807) is 0 Å². The van der Waals surface area contributed by atoms with E-state index in [1.807, 2.05) is 43.3 Å².